The number of nitrogens with zero attached hydrogens (tertiary/aromatic N) is 1. The second kappa shape index (κ2) is 8.99. The summed E-state index contributed by atoms with van der Waals surface area (Å²) in [5.74, 6) is 0.325. The zero-order valence-electron chi connectivity index (χ0n) is 15.0. The second-order valence-electron chi connectivity index (χ2n) is 6.17. The number of carbonyl (C=O) groups excluding carboxylic acids is 2. The Morgan fingerprint density at radius 3 is 2.61 bits per heavy atom. The summed E-state index contributed by atoms with van der Waals surface area (Å²) in [4.78, 5) is 25.4. The van der Waals surface area contributed by atoms with Crippen molar-refractivity contribution in [2.45, 2.75) is 20.0 Å². The summed E-state index contributed by atoms with van der Waals surface area (Å²) in [5.41, 5.74) is 1.91. The molecule has 0 radical (unpaired) electrons. The number of ether oxygens (including phenoxy) is 1. The van der Waals surface area contributed by atoms with E-state index < -0.39 is 6.03 Å². The third-order valence-corrected chi connectivity index (χ3v) is 5.41. The van der Waals surface area contributed by atoms with Crippen molar-refractivity contribution in [3.05, 3.63) is 67.7 Å². The maximum atomic E-state index is 12.3. The molecule has 0 saturated carbocycles. The van der Waals surface area contributed by atoms with Gasteiger partial charge in [0, 0.05) is 6.54 Å². The topological polar surface area (TPSA) is 58.6 Å². The van der Waals surface area contributed by atoms with Crippen LogP contribution in [0.4, 0.5) is 4.79 Å². The van der Waals surface area contributed by atoms with E-state index in [9.17, 15) is 9.59 Å². The number of imide groups is 1. The molecule has 1 heterocycles. The number of urea groups is 1. The Morgan fingerprint density at radius 1 is 1.14 bits per heavy atom. The standard InChI is InChI=1S/C20H17BrCl2N2O3/c1-2-7-25-19(26)17(24-20(25)27)10-12-4-6-18(14(21)8-12)28-11-13-3-5-15(22)16(23)9-13/h3-6,8-10H,2,7,11H2,1H3,(H,24,27)/b17-10+. The lowest BCUT2D eigenvalue weighted by molar-refractivity contribution is -0.122. The lowest BCUT2D eigenvalue weighted by Gasteiger charge is -2.10. The smallest absolute Gasteiger partial charge is 0.329 e. The van der Waals surface area contributed by atoms with E-state index in [1.807, 2.05) is 25.1 Å². The highest BCUT2D eigenvalue weighted by molar-refractivity contribution is 9.10. The molecule has 1 saturated heterocycles. The SMILES string of the molecule is CCCN1C(=O)N/C(=C/c2ccc(OCc3ccc(Cl)c(Cl)c3)c(Br)c2)C1=O. The van der Waals surface area contributed by atoms with Gasteiger partial charge in [-0.25, -0.2) is 4.79 Å². The monoisotopic (exact) mass is 482 g/mol. The summed E-state index contributed by atoms with van der Waals surface area (Å²) in [5, 5.41) is 3.58. The summed E-state index contributed by atoms with van der Waals surface area (Å²) in [6, 6.07) is 10.4. The van der Waals surface area contributed by atoms with Crippen LogP contribution in [0.25, 0.3) is 6.08 Å². The zero-order valence-corrected chi connectivity index (χ0v) is 18.1. The number of hydrogen-bond donors (Lipinski definition) is 1. The van der Waals surface area contributed by atoms with E-state index in [2.05, 4.69) is 21.2 Å². The number of benzene rings is 2. The Kier molecular flexibility index (Phi) is 6.65. The third-order valence-electron chi connectivity index (χ3n) is 4.05. The first kappa shape index (κ1) is 20.7. The van der Waals surface area contributed by atoms with Crippen molar-refractivity contribution in [3.8, 4) is 5.75 Å². The van der Waals surface area contributed by atoms with E-state index >= 15 is 0 Å². The van der Waals surface area contributed by atoms with Crippen LogP contribution < -0.4 is 10.1 Å². The van der Waals surface area contributed by atoms with Gasteiger partial charge in [0.15, 0.2) is 0 Å². The molecular weight excluding hydrogens is 467 g/mol. The fraction of sp³-hybridized carbons (Fsp3) is 0.200. The van der Waals surface area contributed by atoms with Crippen molar-refractivity contribution in [1.82, 2.24) is 10.2 Å². The Balaban J connectivity index is 1.71. The van der Waals surface area contributed by atoms with Crippen LogP contribution in [0.1, 0.15) is 24.5 Å². The molecule has 8 heteroatoms. The fourth-order valence-corrected chi connectivity index (χ4v) is 3.51. The molecule has 0 spiro atoms. The Labute approximate surface area is 181 Å². The molecule has 5 nitrogen and oxygen atoms in total. The van der Waals surface area contributed by atoms with Gasteiger partial charge < -0.3 is 10.1 Å². The maximum Gasteiger partial charge on any atom is 0.329 e. The fourth-order valence-electron chi connectivity index (χ4n) is 2.68. The van der Waals surface area contributed by atoms with Crippen molar-refractivity contribution in [3.63, 3.8) is 0 Å². The van der Waals surface area contributed by atoms with Gasteiger partial charge in [-0.1, -0.05) is 42.3 Å². The molecule has 28 heavy (non-hydrogen) atoms. The molecule has 0 aromatic heterocycles. The minimum atomic E-state index is -0.390. The molecule has 1 N–H and O–H groups in total. The number of carbonyl (C=O) groups is 2. The van der Waals surface area contributed by atoms with Crippen molar-refractivity contribution in [2.75, 3.05) is 6.54 Å². The number of hydrogen-bond acceptors (Lipinski definition) is 3. The van der Waals surface area contributed by atoms with Crippen molar-refractivity contribution in [2.24, 2.45) is 0 Å². The maximum absolute atomic E-state index is 12.3. The lowest BCUT2D eigenvalue weighted by atomic mass is 10.2. The lowest BCUT2D eigenvalue weighted by Crippen LogP contribution is -2.31. The van der Waals surface area contributed by atoms with E-state index in [0.717, 1.165) is 15.6 Å². The first-order valence-electron chi connectivity index (χ1n) is 8.60. The van der Waals surface area contributed by atoms with Crippen LogP contribution in [0, 0.1) is 0 Å². The van der Waals surface area contributed by atoms with E-state index in [-0.39, 0.29) is 11.6 Å². The third kappa shape index (κ3) is 4.69. The molecule has 0 aliphatic carbocycles. The van der Waals surface area contributed by atoms with Crippen LogP contribution in [0.3, 0.4) is 0 Å². The van der Waals surface area contributed by atoms with E-state index in [1.165, 1.54) is 4.90 Å². The Hall–Kier alpha value is -2.02. The van der Waals surface area contributed by atoms with E-state index in [0.29, 0.717) is 35.4 Å². The van der Waals surface area contributed by atoms with Crippen LogP contribution in [-0.2, 0) is 11.4 Å². The Bertz CT molecular complexity index is 962. The average Bonchev–Trinajstić information content (AvgIpc) is 2.91. The molecule has 1 aliphatic heterocycles. The molecule has 0 unspecified atom stereocenters. The molecule has 146 valence electrons. The van der Waals surface area contributed by atoms with Crippen molar-refractivity contribution in [1.29, 1.82) is 0 Å². The van der Waals surface area contributed by atoms with Gasteiger partial charge in [-0.05, 0) is 63.8 Å². The van der Waals surface area contributed by atoms with E-state index in [1.54, 1.807) is 24.3 Å². The van der Waals surface area contributed by atoms with Gasteiger partial charge >= 0.3 is 6.03 Å². The van der Waals surface area contributed by atoms with Crippen molar-refractivity contribution >= 4 is 57.1 Å². The van der Waals surface area contributed by atoms with Crippen LogP contribution in [0.5, 0.6) is 5.75 Å². The van der Waals surface area contributed by atoms with Crippen LogP contribution in [0.15, 0.2) is 46.6 Å². The molecule has 1 fully saturated rings. The molecule has 2 aromatic rings. The molecule has 2 aromatic carbocycles. The summed E-state index contributed by atoms with van der Waals surface area (Å²) < 4.78 is 6.54. The summed E-state index contributed by atoms with van der Waals surface area (Å²) in [6.07, 6.45) is 2.35. The predicted octanol–water partition coefficient (Wildman–Crippen LogP) is 5.64. The number of amides is 3. The zero-order chi connectivity index (χ0) is 20.3. The van der Waals surface area contributed by atoms with Crippen molar-refractivity contribution < 1.29 is 14.3 Å². The summed E-state index contributed by atoms with van der Waals surface area (Å²) in [6.45, 7) is 2.64. The second-order valence-corrected chi connectivity index (χ2v) is 7.84. The molecule has 1 aliphatic rings. The number of rotatable bonds is 6. The van der Waals surface area contributed by atoms with Gasteiger partial charge in [-0.15, -0.1) is 0 Å². The quantitative estimate of drug-likeness (QED) is 0.427. The van der Waals surface area contributed by atoms with Gasteiger partial charge in [0.25, 0.3) is 5.91 Å². The summed E-state index contributed by atoms with van der Waals surface area (Å²) >= 11 is 15.4. The van der Waals surface area contributed by atoms with Gasteiger partial charge in [-0.2, -0.15) is 0 Å². The predicted molar refractivity (Wildman–Crippen MR) is 113 cm³/mol. The first-order valence-corrected chi connectivity index (χ1v) is 10.1. The van der Waals surface area contributed by atoms with E-state index in [4.69, 9.17) is 27.9 Å². The first-order chi connectivity index (χ1) is 13.4. The number of nitrogens with one attached hydrogen (secondary N) is 1. The molecule has 3 rings (SSSR count). The molecule has 0 atom stereocenters. The van der Waals surface area contributed by atoms with Crippen LogP contribution in [0.2, 0.25) is 10.0 Å². The highest BCUT2D eigenvalue weighted by Crippen LogP contribution is 2.29. The van der Waals surface area contributed by atoms with Gasteiger partial charge in [0.2, 0.25) is 0 Å². The molecule has 0 bridgehead atoms. The van der Waals surface area contributed by atoms with Gasteiger partial charge in [0.1, 0.15) is 18.1 Å². The normalized spacial score (nSPS) is 15.3. The minimum absolute atomic E-state index is 0.259. The average molecular weight is 484 g/mol. The van der Waals surface area contributed by atoms with Gasteiger partial charge in [-0.3, -0.25) is 9.69 Å². The summed E-state index contributed by atoms with van der Waals surface area (Å²) in [7, 11) is 0. The van der Waals surface area contributed by atoms with Crippen LogP contribution in [-0.4, -0.2) is 23.4 Å². The van der Waals surface area contributed by atoms with Gasteiger partial charge in [0.05, 0.1) is 14.5 Å². The Morgan fingerprint density at radius 2 is 1.93 bits per heavy atom. The van der Waals surface area contributed by atoms with Crippen LogP contribution >= 0.6 is 39.1 Å². The molecular formula is C20H17BrCl2N2O3. The minimum Gasteiger partial charge on any atom is -0.488 e. The highest BCUT2D eigenvalue weighted by atomic mass is 79.9. The highest BCUT2D eigenvalue weighted by Gasteiger charge is 2.32. The molecule has 3 amide bonds. The largest absolute Gasteiger partial charge is 0.488 e. The number of halogens is 3.